The third-order valence-electron chi connectivity index (χ3n) is 4.98. The highest BCUT2D eigenvalue weighted by molar-refractivity contribution is 5.95. The van der Waals surface area contributed by atoms with Crippen LogP contribution in [-0.2, 0) is 25.5 Å². The largest absolute Gasteiger partial charge is 0.496 e. The van der Waals surface area contributed by atoms with E-state index in [9.17, 15) is 9.59 Å². The van der Waals surface area contributed by atoms with Gasteiger partial charge in [0.1, 0.15) is 5.75 Å². The lowest BCUT2D eigenvalue weighted by molar-refractivity contribution is -0.153. The van der Waals surface area contributed by atoms with Gasteiger partial charge in [-0.1, -0.05) is 18.2 Å². The molecule has 1 N–H and O–H groups in total. The zero-order valence-corrected chi connectivity index (χ0v) is 17.4. The molecule has 0 saturated carbocycles. The topological polar surface area (TPSA) is 77.1 Å². The molecule has 160 valence electrons. The van der Waals surface area contributed by atoms with Crippen molar-refractivity contribution in [2.24, 2.45) is 0 Å². The molecule has 1 aliphatic rings. The van der Waals surface area contributed by atoms with Crippen molar-refractivity contribution >= 4 is 23.3 Å². The summed E-state index contributed by atoms with van der Waals surface area (Å²) >= 11 is 0. The molecule has 7 heteroatoms. The van der Waals surface area contributed by atoms with Crippen LogP contribution in [0, 0.1) is 0 Å². The quantitative estimate of drug-likeness (QED) is 0.672. The number of amides is 1. The van der Waals surface area contributed by atoms with Crippen LogP contribution >= 0.6 is 0 Å². The van der Waals surface area contributed by atoms with Crippen molar-refractivity contribution in [3.05, 3.63) is 54.1 Å². The lowest BCUT2D eigenvalue weighted by atomic mass is 10.1. The number of hydrogen-bond acceptors (Lipinski definition) is 6. The van der Waals surface area contributed by atoms with E-state index in [4.69, 9.17) is 14.2 Å². The molecule has 1 amide bonds. The molecule has 7 nitrogen and oxygen atoms in total. The maximum Gasteiger partial charge on any atom is 0.306 e. The lowest BCUT2D eigenvalue weighted by Gasteiger charge is -2.28. The number of esters is 1. The second-order valence-electron chi connectivity index (χ2n) is 7.08. The van der Waals surface area contributed by atoms with Gasteiger partial charge in [-0.05, 0) is 49.2 Å². The summed E-state index contributed by atoms with van der Waals surface area (Å²) in [7, 11) is 1.59. The molecule has 30 heavy (non-hydrogen) atoms. The Balaban J connectivity index is 1.46. The summed E-state index contributed by atoms with van der Waals surface area (Å²) in [5.41, 5.74) is 2.68. The van der Waals surface area contributed by atoms with Gasteiger partial charge in [0.25, 0.3) is 5.91 Å². The highest BCUT2D eigenvalue weighted by atomic mass is 16.5. The normalized spacial score (nSPS) is 14.7. The molecule has 2 aromatic carbocycles. The van der Waals surface area contributed by atoms with Crippen LogP contribution < -0.4 is 15.0 Å². The van der Waals surface area contributed by atoms with Crippen molar-refractivity contribution in [1.29, 1.82) is 0 Å². The number of carbonyl (C=O) groups excluding carboxylic acids is 2. The minimum atomic E-state index is -0.880. The zero-order chi connectivity index (χ0) is 21.3. The molecule has 0 aromatic heterocycles. The molecule has 0 aliphatic carbocycles. The smallest absolute Gasteiger partial charge is 0.306 e. The van der Waals surface area contributed by atoms with Gasteiger partial charge in [-0.15, -0.1) is 0 Å². The minimum absolute atomic E-state index is 0.173. The Labute approximate surface area is 176 Å². The summed E-state index contributed by atoms with van der Waals surface area (Å²) in [6.45, 7) is 4.72. The molecule has 0 radical (unpaired) electrons. The number of benzene rings is 2. The van der Waals surface area contributed by atoms with Crippen LogP contribution in [0.1, 0.15) is 18.9 Å². The van der Waals surface area contributed by atoms with Crippen LogP contribution in [0.3, 0.4) is 0 Å². The molecule has 1 aliphatic heterocycles. The second kappa shape index (κ2) is 10.6. The molecular formula is C23H28N2O5. The molecule has 3 rings (SSSR count). The van der Waals surface area contributed by atoms with Crippen LogP contribution in [0.5, 0.6) is 5.75 Å². The molecule has 2 aromatic rings. The summed E-state index contributed by atoms with van der Waals surface area (Å²) < 4.78 is 15.9. The fraction of sp³-hybridized carbons (Fsp3) is 0.391. The Morgan fingerprint density at radius 2 is 1.80 bits per heavy atom. The van der Waals surface area contributed by atoms with E-state index in [0.717, 1.165) is 43.3 Å². The Kier molecular flexibility index (Phi) is 7.68. The van der Waals surface area contributed by atoms with Crippen LogP contribution in [0.2, 0.25) is 0 Å². The fourth-order valence-electron chi connectivity index (χ4n) is 3.28. The Bertz CT molecular complexity index is 847. The molecule has 0 unspecified atom stereocenters. The second-order valence-corrected chi connectivity index (χ2v) is 7.08. The van der Waals surface area contributed by atoms with Crippen LogP contribution in [0.15, 0.2) is 48.5 Å². The average Bonchev–Trinajstić information content (AvgIpc) is 2.79. The third kappa shape index (κ3) is 5.97. The Morgan fingerprint density at radius 3 is 2.50 bits per heavy atom. The minimum Gasteiger partial charge on any atom is -0.496 e. The number of morpholine rings is 1. The average molecular weight is 412 g/mol. The van der Waals surface area contributed by atoms with Gasteiger partial charge < -0.3 is 24.4 Å². The van der Waals surface area contributed by atoms with Gasteiger partial charge in [-0.25, -0.2) is 0 Å². The van der Waals surface area contributed by atoms with Gasteiger partial charge in [0.15, 0.2) is 6.10 Å². The highest BCUT2D eigenvalue weighted by Gasteiger charge is 2.18. The fourth-order valence-corrected chi connectivity index (χ4v) is 3.28. The first-order valence-electron chi connectivity index (χ1n) is 10.1. The van der Waals surface area contributed by atoms with Crippen LogP contribution in [0.25, 0.3) is 0 Å². The van der Waals surface area contributed by atoms with Gasteiger partial charge in [-0.2, -0.15) is 0 Å². The number of nitrogens with zero attached hydrogens (tertiary/aromatic N) is 1. The molecule has 1 saturated heterocycles. The molecule has 1 fully saturated rings. The lowest BCUT2D eigenvalue weighted by Crippen LogP contribution is -2.36. The Morgan fingerprint density at radius 1 is 1.10 bits per heavy atom. The number of anilines is 2. The molecule has 0 bridgehead atoms. The first kappa shape index (κ1) is 21.6. The van der Waals surface area contributed by atoms with E-state index in [1.54, 1.807) is 14.0 Å². The Hall–Kier alpha value is -3.06. The summed E-state index contributed by atoms with van der Waals surface area (Å²) in [5, 5.41) is 2.79. The number of carbonyl (C=O) groups is 2. The maximum atomic E-state index is 12.4. The van der Waals surface area contributed by atoms with Crippen molar-refractivity contribution < 1.29 is 23.8 Å². The zero-order valence-electron chi connectivity index (χ0n) is 17.4. The van der Waals surface area contributed by atoms with E-state index < -0.39 is 12.1 Å². The molecular weight excluding hydrogens is 384 g/mol. The summed E-state index contributed by atoms with van der Waals surface area (Å²) in [6.07, 6.45) is -0.221. The van der Waals surface area contributed by atoms with Crippen molar-refractivity contribution in [1.82, 2.24) is 0 Å². The third-order valence-corrected chi connectivity index (χ3v) is 4.98. The predicted molar refractivity (Wildman–Crippen MR) is 115 cm³/mol. The maximum absolute atomic E-state index is 12.4. The van der Waals surface area contributed by atoms with Gasteiger partial charge >= 0.3 is 5.97 Å². The number of aryl methyl sites for hydroxylation is 1. The SMILES string of the molecule is COc1ccccc1CCC(=O)O[C@@H](C)C(=O)Nc1ccc(N2CCOCC2)cc1. The summed E-state index contributed by atoms with van der Waals surface area (Å²) in [6, 6.07) is 15.1. The summed E-state index contributed by atoms with van der Waals surface area (Å²) in [5.74, 6) is -0.0531. The van der Waals surface area contributed by atoms with Crippen molar-refractivity contribution in [2.45, 2.75) is 25.9 Å². The number of para-hydroxylation sites is 1. The predicted octanol–water partition coefficient (Wildman–Crippen LogP) is 3.03. The first-order valence-corrected chi connectivity index (χ1v) is 10.1. The van der Waals surface area contributed by atoms with Gasteiger partial charge in [0, 0.05) is 30.9 Å². The monoisotopic (exact) mass is 412 g/mol. The van der Waals surface area contributed by atoms with E-state index in [1.807, 2.05) is 48.5 Å². The molecule has 1 atom stereocenters. The van der Waals surface area contributed by atoms with Crippen molar-refractivity contribution in [3.63, 3.8) is 0 Å². The first-order chi connectivity index (χ1) is 14.6. The van der Waals surface area contributed by atoms with Gasteiger partial charge in [0.05, 0.1) is 20.3 Å². The van der Waals surface area contributed by atoms with Gasteiger partial charge in [0.2, 0.25) is 0 Å². The number of methoxy groups -OCH3 is 1. The van der Waals surface area contributed by atoms with Gasteiger partial charge in [-0.3, -0.25) is 9.59 Å². The van der Waals surface area contributed by atoms with E-state index in [2.05, 4.69) is 10.2 Å². The summed E-state index contributed by atoms with van der Waals surface area (Å²) in [4.78, 5) is 26.8. The number of nitrogens with one attached hydrogen (secondary N) is 1. The van der Waals surface area contributed by atoms with E-state index in [1.165, 1.54) is 0 Å². The number of rotatable bonds is 8. The molecule has 0 spiro atoms. The number of ether oxygens (including phenoxy) is 3. The standard InChI is InChI=1S/C23H28N2O5/c1-17(30-22(26)12-7-18-5-3-4-6-21(18)28-2)23(27)24-19-8-10-20(11-9-19)25-13-15-29-16-14-25/h3-6,8-11,17H,7,12-16H2,1-2H3,(H,24,27)/t17-/m0/s1. The van der Waals surface area contributed by atoms with Crippen molar-refractivity contribution in [3.8, 4) is 5.75 Å². The van der Waals surface area contributed by atoms with Crippen LogP contribution in [0.4, 0.5) is 11.4 Å². The van der Waals surface area contributed by atoms with E-state index in [0.29, 0.717) is 12.1 Å². The number of hydrogen-bond donors (Lipinski definition) is 1. The van der Waals surface area contributed by atoms with Crippen LogP contribution in [-0.4, -0.2) is 51.4 Å². The molecule has 1 heterocycles. The highest BCUT2D eigenvalue weighted by Crippen LogP contribution is 2.20. The van der Waals surface area contributed by atoms with E-state index >= 15 is 0 Å². The van der Waals surface area contributed by atoms with E-state index in [-0.39, 0.29) is 12.3 Å². The van der Waals surface area contributed by atoms with Crippen molar-refractivity contribution in [2.75, 3.05) is 43.6 Å².